The first-order valence-electron chi connectivity index (χ1n) is 20.0. The van der Waals surface area contributed by atoms with Gasteiger partial charge in [-0.1, -0.05) is 208 Å². The SMILES string of the molecule is CC1(C)c2ccccc2C2(c3ccccc3-c3cc(-c4ccc(-c5ccc(-c6nc(-c7ccccc7)nc(-c7ccccc7)n6)cc5)cc4)ccc32)c2ccccc21. The van der Waals surface area contributed by atoms with Crippen LogP contribution in [0.15, 0.2) is 200 Å². The minimum Gasteiger partial charge on any atom is -0.208 e. The fourth-order valence-electron chi connectivity index (χ4n) is 9.65. The molecule has 1 heterocycles. The van der Waals surface area contributed by atoms with Crippen molar-refractivity contribution < 1.29 is 0 Å². The molecule has 0 aliphatic heterocycles. The third-order valence-corrected chi connectivity index (χ3v) is 12.4. The number of nitrogens with zero attached hydrogens (tertiary/aromatic N) is 3. The maximum atomic E-state index is 4.92. The lowest BCUT2D eigenvalue weighted by molar-refractivity contribution is 0.563. The summed E-state index contributed by atoms with van der Waals surface area (Å²) in [6, 6.07) is 72.1. The highest BCUT2D eigenvalue weighted by Crippen LogP contribution is 2.62. The molecule has 0 atom stereocenters. The van der Waals surface area contributed by atoms with E-state index in [9.17, 15) is 0 Å². The van der Waals surface area contributed by atoms with E-state index in [2.05, 4.69) is 153 Å². The number of fused-ring (bicyclic) bond motifs is 9. The lowest BCUT2D eigenvalue weighted by Gasteiger charge is -2.46. The minimum atomic E-state index is -0.378. The third kappa shape index (κ3) is 5.17. The molecule has 1 aromatic heterocycles. The molecule has 0 saturated heterocycles. The van der Waals surface area contributed by atoms with Crippen molar-refractivity contribution in [3.05, 3.63) is 234 Å². The molecule has 274 valence electrons. The molecule has 0 saturated carbocycles. The van der Waals surface area contributed by atoms with Crippen molar-refractivity contribution in [1.82, 2.24) is 15.0 Å². The maximum Gasteiger partial charge on any atom is 0.164 e. The van der Waals surface area contributed by atoms with Crippen LogP contribution >= 0.6 is 0 Å². The van der Waals surface area contributed by atoms with Gasteiger partial charge in [0.2, 0.25) is 0 Å². The van der Waals surface area contributed by atoms with E-state index in [1.54, 1.807) is 0 Å². The number of rotatable bonds is 5. The van der Waals surface area contributed by atoms with Gasteiger partial charge in [-0.05, 0) is 72.8 Å². The molecule has 11 rings (SSSR count). The van der Waals surface area contributed by atoms with Gasteiger partial charge < -0.3 is 0 Å². The van der Waals surface area contributed by atoms with Gasteiger partial charge in [0.25, 0.3) is 0 Å². The van der Waals surface area contributed by atoms with Gasteiger partial charge >= 0.3 is 0 Å². The summed E-state index contributed by atoms with van der Waals surface area (Å²) in [5.41, 5.74) is 18.0. The van der Waals surface area contributed by atoms with Gasteiger partial charge in [0.15, 0.2) is 17.5 Å². The molecule has 2 aliphatic rings. The molecule has 0 radical (unpaired) electrons. The third-order valence-electron chi connectivity index (χ3n) is 12.4. The zero-order valence-electron chi connectivity index (χ0n) is 32.4. The fourth-order valence-corrected chi connectivity index (χ4v) is 9.65. The zero-order chi connectivity index (χ0) is 38.8. The van der Waals surface area contributed by atoms with Crippen molar-refractivity contribution in [3.8, 4) is 67.5 Å². The predicted octanol–water partition coefficient (Wildman–Crippen LogP) is 13.2. The van der Waals surface area contributed by atoms with Gasteiger partial charge in [0, 0.05) is 22.1 Å². The molecule has 0 N–H and O–H groups in total. The van der Waals surface area contributed by atoms with E-state index < -0.39 is 0 Å². The van der Waals surface area contributed by atoms with Crippen LogP contribution in [0.25, 0.3) is 67.5 Å². The first kappa shape index (κ1) is 34.1. The van der Waals surface area contributed by atoms with E-state index in [0.29, 0.717) is 17.5 Å². The van der Waals surface area contributed by atoms with Gasteiger partial charge in [-0.2, -0.15) is 0 Å². The van der Waals surface area contributed by atoms with Crippen LogP contribution in [-0.4, -0.2) is 15.0 Å². The summed E-state index contributed by atoms with van der Waals surface area (Å²) in [7, 11) is 0. The fraction of sp³-hybridized carbons (Fsp3) is 0.0727. The molecule has 0 unspecified atom stereocenters. The molecule has 0 bridgehead atoms. The van der Waals surface area contributed by atoms with Crippen molar-refractivity contribution in [2.75, 3.05) is 0 Å². The quantitative estimate of drug-likeness (QED) is 0.176. The number of hydrogen-bond acceptors (Lipinski definition) is 3. The lowest BCUT2D eigenvalue weighted by atomic mass is 9.55. The summed E-state index contributed by atoms with van der Waals surface area (Å²) in [4.78, 5) is 14.7. The molecule has 3 heteroatoms. The average molecular weight is 742 g/mol. The number of aromatic nitrogens is 3. The first-order valence-corrected chi connectivity index (χ1v) is 20.0. The van der Waals surface area contributed by atoms with Crippen LogP contribution in [0.5, 0.6) is 0 Å². The van der Waals surface area contributed by atoms with E-state index >= 15 is 0 Å². The van der Waals surface area contributed by atoms with Crippen LogP contribution in [0.1, 0.15) is 47.2 Å². The molecular weight excluding hydrogens is 703 g/mol. The Hall–Kier alpha value is -7.23. The Morgan fingerprint density at radius 1 is 0.276 bits per heavy atom. The van der Waals surface area contributed by atoms with E-state index in [-0.39, 0.29) is 10.8 Å². The Morgan fingerprint density at radius 2 is 0.621 bits per heavy atom. The topological polar surface area (TPSA) is 38.7 Å². The normalized spacial score (nSPS) is 14.0. The molecule has 9 aromatic rings. The average Bonchev–Trinajstić information content (AvgIpc) is 3.59. The highest BCUT2D eigenvalue weighted by molar-refractivity contribution is 5.90. The minimum absolute atomic E-state index is 0.108. The molecule has 0 fully saturated rings. The molecule has 2 aliphatic carbocycles. The summed E-state index contributed by atoms with van der Waals surface area (Å²) < 4.78 is 0. The van der Waals surface area contributed by atoms with Crippen molar-refractivity contribution in [2.24, 2.45) is 0 Å². The second kappa shape index (κ2) is 13.2. The second-order valence-corrected chi connectivity index (χ2v) is 16.0. The Labute approximate surface area is 339 Å². The Bertz CT molecular complexity index is 2890. The van der Waals surface area contributed by atoms with Crippen molar-refractivity contribution >= 4 is 0 Å². The van der Waals surface area contributed by atoms with E-state index in [0.717, 1.165) is 27.8 Å². The van der Waals surface area contributed by atoms with Crippen LogP contribution in [0, 0.1) is 0 Å². The van der Waals surface area contributed by atoms with Gasteiger partial charge in [-0.3, -0.25) is 0 Å². The van der Waals surface area contributed by atoms with Crippen LogP contribution < -0.4 is 0 Å². The summed E-state index contributed by atoms with van der Waals surface area (Å²) in [5, 5.41) is 0. The smallest absolute Gasteiger partial charge is 0.164 e. The monoisotopic (exact) mass is 741 g/mol. The first-order chi connectivity index (χ1) is 28.5. The standard InChI is InChI=1S/C55H39N3/c1-54(2)47-21-11-13-23-49(47)55(50-24-14-12-22-48(50)54)45-20-10-9-19-43(45)44-35-42(33-34-46(44)55)38-27-25-36(26-28-38)37-29-31-41(32-30-37)53-57-51(39-15-5-3-6-16-39)56-52(58-53)40-17-7-4-8-18-40/h3-35H,1-2H3. The van der Waals surface area contributed by atoms with Gasteiger partial charge in [-0.15, -0.1) is 0 Å². The van der Waals surface area contributed by atoms with Crippen LogP contribution in [0.4, 0.5) is 0 Å². The van der Waals surface area contributed by atoms with Crippen LogP contribution in [0.3, 0.4) is 0 Å². The number of hydrogen-bond donors (Lipinski definition) is 0. The van der Waals surface area contributed by atoms with Crippen molar-refractivity contribution in [2.45, 2.75) is 24.7 Å². The van der Waals surface area contributed by atoms with E-state index in [1.165, 1.54) is 55.6 Å². The second-order valence-electron chi connectivity index (χ2n) is 16.0. The van der Waals surface area contributed by atoms with Crippen LogP contribution in [-0.2, 0) is 10.8 Å². The summed E-state index contributed by atoms with van der Waals surface area (Å²) in [6.07, 6.45) is 0. The predicted molar refractivity (Wildman–Crippen MR) is 236 cm³/mol. The Morgan fingerprint density at radius 3 is 1.12 bits per heavy atom. The van der Waals surface area contributed by atoms with Gasteiger partial charge in [-0.25, -0.2) is 15.0 Å². The van der Waals surface area contributed by atoms with Gasteiger partial charge in [0.05, 0.1) is 5.41 Å². The zero-order valence-corrected chi connectivity index (χ0v) is 32.4. The van der Waals surface area contributed by atoms with Crippen molar-refractivity contribution in [3.63, 3.8) is 0 Å². The lowest BCUT2D eigenvalue weighted by Crippen LogP contribution is -2.40. The van der Waals surface area contributed by atoms with Crippen LogP contribution in [0.2, 0.25) is 0 Å². The Kier molecular flexibility index (Phi) is 7.74. The molecule has 58 heavy (non-hydrogen) atoms. The molecule has 0 amide bonds. The highest BCUT2D eigenvalue weighted by atomic mass is 15.0. The molecule has 1 spiro atoms. The summed E-state index contributed by atoms with van der Waals surface area (Å²) >= 11 is 0. The van der Waals surface area contributed by atoms with E-state index in [4.69, 9.17) is 15.0 Å². The summed E-state index contributed by atoms with van der Waals surface area (Å²) in [5.74, 6) is 1.97. The molecule has 8 aromatic carbocycles. The molecular formula is C55H39N3. The van der Waals surface area contributed by atoms with E-state index in [1.807, 2.05) is 60.7 Å². The number of benzene rings is 8. The van der Waals surface area contributed by atoms with Crippen molar-refractivity contribution in [1.29, 1.82) is 0 Å². The molecule has 3 nitrogen and oxygen atoms in total. The Balaban J connectivity index is 0.946. The largest absolute Gasteiger partial charge is 0.208 e. The van der Waals surface area contributed by atoms with Gasteiger partial charge in [0.1, 0.15) is 0 Å². The maximum absolute atomic E-state index is 4.92. The highest BCUT2D eigenvalue weighted by Gasteiger charge is 2.53. The summed E-state index contributed by atoms with van der Waals surface area (Å²) in [6.45, 7) is 4.75.